The quantitative estimate of drug-likeness (QED) is 0.183. The molecule has 0 amide bonds. The highest BCUT2D eigenvalue weighted by Gasteiger charge is 2.35. The summed E-state index contributed by atoms with van der Waals surface area (Å²) in [5.74, 6) is 0.729. The first-order chi connectivity index (χ1) is 23.0. The predicted octanol–water partition coefficient (Wildman–Crippen LogP) is 11.4. The summed E-state index contributed by atoms with van der Waals surface area (Å²) in [6.07, 6.45) is 0. The topological polar surface area (TPSA) is 38.5 Å². The number of nitrogen functional groups attached to an aromatic ring is 1. The van der Waals surface area contributed by atoms with Crippen molar-refractivity contribution in [2.75, 3.05) is 10.6 Å². The molecule has 0 bridgehead atoms. The third-order valence-electron chi connectivity index (χ3n) is 9.53. The van der Waals surface area contributed by atoms with E-state index in [9.17, 15) is 0 Å². The van der Waals surface area contributed by atoms with Crippen LogP contribution in [0.15, 0.2) is 158 Å². The molecule has 0 spiro atoms. The maximum Gasteiger partial charge on any atom is 0.150 e. The van der Waals surface area contributed by atoms with E-state index in [1.54, 1.807) is 0 Å². The highest BCUT2D eigenvalue weighted by molar-refractivity contribution is 5.96. The lowest BCUT2D eigenvalue weighted by molar-refractivity contribution is 0.312. The Morgan fingerprint density at radius 3 is 1.98 bits per heavy atom. The van der Waals surface area contributed by atoms with Gasteiger partial charge in [0.25, 0.3) is 0 Å². The maximum atomic E-state index is 6.38. The number of benzene rings is 7. The zero-order chi connectivity index (χ0) is 32.0. The summed E-state index contributed by atoms with van der Waals surface area (Å²) in [5.41, 5.74) is 19.2. The van der Waals surface area contributed by atoms with Crippen molar-refractivity contribution in [2.45, 2.75) is 25.9 Å². The molecule has 0 unspecified atom stereocenters. The molecule has 47 heavy (non-hydrogen) atoms. The van der Waals surface area contributed by atoms with Crippen molar-refractivity contribution in [1.82, 2.24) is 0 Å². The second-order valence-electron chi connectivity index (χ2n) is 12.8. The molecule has 2 N–H and O–H groups in total. The molecule has 3 nitrogen and oxygen atoms in total. The summed E-state index contributed by atoms with van der Waals surface area (Å²) in [5, 5.41) is 2.11. The average molecular weight is 609 g/mol. The highest BCUT2D eigenvalue weighted by atomic mass is 16.5. The van der Waals surface area contributed by atoms with Crippen LogP contribution in [0.2, 0.25) is 0 Å². The Balaban J connectivity index is 1.14. The highest BCUT2D eigenvalue weighted by Crippen LogP contribution is 2.50. The normalized spacial score (nSPS) is 12.8. The fourth-order valence-electron chi connectivity index (χ4n) is 7.06. The zero-order valence-corrected chi connectivity index (χ0v) is 26.7. The predicted molar refractivity (Wildman–Crippen MR) is 197 cm³/mol. The number of para-hydroxylation sites is 1. The third kappa shape index (κ3) is 5.10. The van der Waals surface area contributed by atoms with E-state index in [2.05, 4.69) is 152 Å². The van der Waals surface area contributed by atoms with Gasteiger partial charge in [0.2, 0.25) is 0 Å². The van der Waals surface area contributed by atoms with Crippen molar-refractivity contribution in [3.8, 4) is 28.0 Å². The first-order valence-electron chi connectivity index (χ1n) is 16.2. The summed E-state index contributed by atoms with van der Waals surface area (Å²) in [6.45, 7) is 5.12. The van der Waals surface area contributed by atoms with Gasteiger partial charge in [-0.1, -0.05) is 117 Å². The summed E-state index contributed by atoms with van der Waals surface area (Å²) in [4.78, 5) is 2.34. The third-order valence-corrected chi connectivity index (χ3v) is 9.53. The molecule has 3 heteroatoms. The van der Waals surface area contributed by atoms with Gasteiger partial charge >= 0.3 is 0 Å². The van der Waals surface area contributed by atoms with Crippen LogP contribution in [0.5, 0.6) is 5.75 Å². The Hall–Kier alpha value is -5.80. The number of fused-ring (bicyclic) bond motifs is 4. The van der Waals surface area contributed by atoms with E-state index in [-0.39, 0.29) is 5.41 Å². The number of nitrogens with two attached hydrogens (primary N) is 1. The van der Waals surface area contributed by atoms with Gasteiger partial charge < -0.3 is 15.4 Å². The monoisotopic (exact) mass is 608 g/mol. The van der Waals surface area contributed by atoms with Crippen LogP contribution in [-0.2, 0) is 12.0 Å². The molecule has 1 aliphatic rings. The van der Waals surface area contributed by atoms with Gasteiger partial charge in [0, 0.05) is 27.9 Å². The van der Waals surface area contributed by atoms with E-state index in [0.717, 1.165) is 50.3 Å². The summed E-state index contributed by atoms with van der Waals surface area (Å²) in [6, 6.07) is 55.9. The zero-order valence-electron chi connectivity index (χ0n) is 26.7. The molecule has 7 aromatic carbocycles. The van der Waals surface area contributed by atoms with Gasteiger partial charge in [-0.25, -0.2) is 0 Å². The van der Waals surface area contributed by atoms with Crippen LogP contribution in [0.4, 0.5) is 22.7 Å². The molecular weight excluding hydrogens is 572 g/mol. The molecule has 0 fully saturated rings. The number of hydrogen-bond acceptors (Lipinski definition) is 3. The lowest BCUT2D eigenvalue weighted by atomic mass is 9.82. The number of anilines is 4. The van der Waals surface area contributed by atoms with Crippen molar-refractivity contribution in [3.05, 3.63) is 174 Å². The molecule has 0 aliphatic heterocycles. The van der Waals surface area contributed by atoms with Crippen LogP contribution in [-0.4, -0.2) is 0 Å². The molecule has 8 rings (SSSR count). The van der Waals surface area contributed by atoms with Crippen molar-refractivity contribution in [3.63, 3.8) is 0 Å². The minimum atomic E-state index is -0.0238. The first kappa shape index (κ1) is 28.7. The summed E-state index contributed by atoms with van der Waals surface area (Å²) < 4.78 is 6.24. The van der Waals surface area contributed by atoms with Crippen LogP contribution in [0.1, 0.15) is 30.5 Å². The van der Waals surface area contributed by atoms with Crippen LogP contribution < -0.4 is 15.4 Å². The number of rotatable bonds is 7. The minimum Gasteiger partial charge on any atom is -0.486 e. The van der Waals surface area contributed by atoms with Gasteiger partial charge in [0.15, 0.2) is 5.75 Å². The molecule has 7 aromatic rings. The standard InChI is InChI=1S/C44H36N2O/c1-44(2)40-16-10-9-15-38(40)39-28-36(23-25-41(39)44)46(34-13-7-4-8-14-34)35-21-17-31(18-22-35)32-19-24-37-33(27-32)20-26-42(45)43(37)47-29-30-11-5-3-6-12-30/h3-28H,29,45H2,1-2H3. The van der Waals surface area contributed by atoms with Crippen LogP contribution in [0, 0.1) is 0 Å². The molecule has 0 atom stereocenters. The number of ether oxygens (including phenoxy) is 1. The summed E-state index contributed by atoms with van der Waals surface area (Å²) in [7, 11) is 0. The van der Waals surface area contributed by atoms with Crippen LogP contribution in [0.25, 0.3) is 33.0 Å². The largest absolute Gasteiger partial charge is 0.486 e. The molecule has 1 aliphatic carbocycles. The smallest absolute Gasteiger partial charge is 0.150 e. The second kappa shape index (κ2) is 11.5. The molecule has 0 saturated heterocycles. The second-order valence-corrected chi connectivity index (χ2v) is 12.8. The van der Waals surface area contributed by atoms with Gasteiger partial charge in [-0.05, 0) is 98.9 Å². The number of hydrogen-bond donors (Lipinski definition) is 1. The van der Waals surface area contributed by atoms with Crippen molar-refractivity contribution >= 4 is 33.5 Å². The molecule has 0 saturated carbocycles. The van der Waals surface area contributed by atoms with E-state index in [1.807, 2.05) is 24.3 Å². The average Bonchev–Trinajstić information content (AvgIpc) is 3.34. The Bertz CT molecular complexity index is 2220. The lowest BCUT2D eigenvalue weighted by Crippen LogP contribution is -2.15. The molecule has 0 radical (unpaired) electrons. The Morgan fingerprint density at radius 1 is 0.553 bits per heavy atom. The van der Waals surface area contributed by atoms with E-state index < -0.39 is 0 Å². The van der Waals surface area contributed by atoms with Gasteiger partial charge in [-0.15, -0.1) is 0 Å². The van der Waals surface area contributed by atoms with E-state index in [0.29, 0.717) is 12.3 Å². The fourth-order valence-corrected chi connectivity index (χ4v) is 7.06. The maximum absolute atomic E-state index is 6.38. The van der Waals surface area contributed by atoms with E-state index in [4.69, 9.17) is 10.5 Å². The molecule has 0 heterocycles. The molecule has 0 aromatic heterocycles. The van der Waals surface area contributed by atoms with Crippen molar-refractivity contribution in [2.24, 2.45) is 0 Å². The Labute approximate surface area is 276 Å². The van der Waals surface area contributed by atoms with Gasteiger partial charge in [-0.3, -0.25) is 0 Å². The van der Waals surface area contributed by atoms with E-state index in [1.165, 1.54) is 22.3 Å². The van der Waals surface area contributed by atoms with E-state index >= 15 is 0 Å². The van der Waals surface area contributed by atoms with Gasteiger partial charge in [0.05, 0.1) is 5.69 Å². The van der Waals surface area contributed by atoms with Gasteiger partial charge in [-0.2, -0.15) is 0 Å². The Kier molecular flexibility index (Phi) is 7.03. The first-order valence-corrected chi connectivity index (χ1v) is 16.2. The Morgan fingerprint density at radius 2 is 1.19 bits per heavy atom. The lowest BCUT2D eigenvalue weighted by Gasteiger charge is -2.27. The van der Waals surface area contributed by atoms with Gasteiger partial charge in [0.1, 0.15) is 6.61 Å². The SMILES string of the molecule is CC1(C)c2ccccc2-c2cc(N(c3ccccc3)c3ccc(-c4ccc5c(OCc6ccccc6)c(N)ccc5c4)cc3)ccc21. The van der Waals surface area contributed by atoms with Crippen LogP contribution >= 0.6 is 0 Å². The van der Waals surface area contributed by atoms with Crippen molar-refractivity contribution < 1.29 is 4.74 Å². The van der Waals surface area contributed by atoms with Crippen LogP contribution in [0.3, 0.4) is 0 Å². The number of nitrogens with zero attached hydrogens (tertiary/aromatic N) is 1. The fraction of sp³-hybridized carbons (Fsp3) is 0.0909. The molecule has 228 valence electrons. The summed E-state index contributed by atoms with van der Waals surface area (Å²) >= 11 is 0. The minimum absolute atomic E-state index is 0.0238. The molecular formula is C44H36N2O. The van der Waals surface area contributed by atoms with Crippen molar-refractivity contribution in [1.29, 1.82) is 0 Å².